The van der Waals surface area contributed by atoms with E-state index in [9.17, 15) is 4.79 Å². The van der Waals surface area contributed by atoms with Crippen molar-refractivity contribution >= 4 is 5.91 Å². The number of nitrogens with zero attached hydrogens (tertiary/aromatic N) is 2. The Bertz CT molecular complexity index is 684. The highest BCUT2D eigenvalue weighted by atomic mass is 16.7. The van der Waals surface area contributed by atoms with E-state index in [4.69, 9.17) is 9.47 Å². The summed E-state index contributed by atoms with van der Waals surface area (Å²) < 4.78 is 12.4. The van der Waals surface area contributed by atoms with Gasteiger partial charge in [-0.05, 0) is 30.2 Å². The number of carbonyl (C=O) groups is 1. The molecule has 1 aromatic carbocycles. The van der Waals surface area contributed by atoms with Crippen molar-refractivity contribution in [2.45, 2.75) is 20.0 Å². The standard InChI is InChI=1S/C16H20N4O3/c1-12-7-19-20(10-12)5-4-17-9-16(21)18-8-13-2-3-14-15(6-13)23-11-22-14/h2-3,6-7,10,17H,4-5,8-9,11H2,1H3,(H,18,21). The minimum atomic E-state index is -0.0423. The number of nitrogens with one attached hydrogen (secondary N) is 2. The SMILES string of the molecule is Cc1cnn(CCNCC(=O)NCc2ccc3c(c2)OCO3)c1. The van der Waals surface area contributed by atoms with Gasteiger partial charge in [0, 0.05) is 19.3 Å². The molecular formula is C16H20N4O3. The monoisotopic (exact) mass is 316 g/mol. The summed E-state index contributed by atoms with van der Waals surface area (Å²) in [5.41, 5.74) is 2.11. The molecule has 1 amide bonds. The average molecular weight is 316 g/mol. The highest BCUT2D eigenvalue weighted by Crippen LogP contribution is 2.32. The van der Waals surface area contributed by atoms with Crippen LogP contribution >= 0.6 is 0 Å². The molecule has 0 bridgehead atoms. The normalized spacial score (nSPS) is 12.4. The Morgan fingerprint density at radius 2 is 2.22 bits per heavy atom. The first kappa shape index (κ1) is 15.4. The third-order valence-corrected chi connectivity index (χ3v) is 3.49. The molecule has 122 valence electrons. The number of aromatic nitrogens is 2. The smallest absolute Gasteiger partial charge is 0.234 e. The zero-order valence-corrected chi connectivity index (χ0v) is 13.0. The first-order valence-corrected chi connectivity index (χ1v) is 7.56. The summed E-state index contributed by atoms with van der Waals surface area (Å²) in [6.07, 6.45) is 3.79. The Kier molecular flexibility index (Phi) is 4.77. The van der Waals surface area contributed by atoms with Gasteiger partial charge < -0.3 is 20.1 Å². The third-order valence-electron chi connectivity index (χ3n) is 3.49. The van der Waals surface area contributed by atoms with E-state index in [1.165, 1.54) is 0 Å². The maximum atomic E-state index is 11.8. The van der Waals surface area contributed by atoms with Gasteiger partial charge in [0.25, 0.3) is 0 Å². The van der Waals surface area contributed by atoms with Gasteiger partial charge >= 0.3 is 0 Å². The molecule has 0 saturated heterocycles. The molecule has 0 fully saturated rings. The molecule has 23 heavy (non-hydrogen) atoms. The minimum absolute atomic E-state index is 0.0423. The van der Waals surface area contributed by atoms with E-state index in [0.29, 0.717) is 13.1 Å². The zero-order chi connectivity index (χ0) is 16.1. The number of hydrogen-bond acceptors (Lipinski definition) is 5. The van der Waals surface area contributed by atoms with Gasteiger partial charge in [-0.15, -0.1) is 0 Å². The fourth-order valence-electron chi connectivity index (χ4n) is 2.30. The summed E-state index contributed by atoms with van der Waals surface area (Å²) in [7, 11) is 0. The Balaban J connectivity index is 1.35. The maximum Gasteiger partial charge on any atom is 0.234 e. The molecule has 0 unspecified atom stereocenters. The van der Waals surface area contributed by atoms with Gasteiger partial charge in [0.05, 0.1) is 19.3 Å². The van der Waals surface area contributed by atoms with Crippen molar-refractivity contribution < 1.29 is 14.3 Å². The van der Waals surface area contributed by atoms with Gasteiger partial charge in [-0.1, -0.05) is 6.07 Å². The molecule has 1 aliphatic heterocycles. The van der Waals surface area contributed by atoms with Crippen LogP contribution < -0.4 is 20.1 Å². The van der Waals surface area contributed by atoms with Crippen LogP contribution in [0.15, 0.2) is 30.6 Å². The van der Waals surface area contributed by atoms with Crippen LogP contribution in [-0.4, -0.2) is 35.6 Å². The Morgan fingerprint density at radius 1 is 1.35 bits per heavy atom. The van der Waals surface area contributed by atoms with E-state index in [1.54, 1.807) is 0 Å². The van der Waals surface area contributed by atoms with Crippen LogP contribution in [-0.2, 0) is 17.9 Å². The van der Waals surface area contributed by atoms with Gasteiger partial charge in [-0.25, -0.2) is 0 Å². The van der Waals surface area contributed by atoms with Crippen molar-refractivity contribution in [3.05, 3.63) is 41.7 Å². The summed E-state index contributed by atoms with van der Waals surface area (Å²) in [6.45, 7) is 4.44. The second kappa shape index (κ2) is 7.15. The number of benzene rings is 1. The molecule has 1 aliphatic rings. The van der Waals surface area contributed by atoms with Crippen molar-refractivity contribution in [2.24, 2.45) is 0 Å². The predicted octanol–water partition coefficient (Wildman–Crippen LogP) is 0.826. The summed E-state index contributed by atoms with van der Waals surface area (Å²) in [6, 6.07) is 5.66. The lowest BCUT2D eigenvalue weighted by Crippen LogP contribution is -2.34. The molecule has 2 N–H and O–H groups in total. The summed E-state index contributed by atoms with van der Waals surface area (Å²) in [4.78, 5) is 11.8. The quantitative estimate of drug-likeness (QED) is 0.740. The van der Waals surface area contributed by atoms with E-state index in [2.05, 4.69) is 15.7 Å². The second-order valence-electron chi connectivity index (χ2n) is 5.42. The molecule has 7 heteroatoms. The lowest BCUT2D eigenvalue weighted by molar-refractivity contribution is -0.120. The number of hydrogen-bond donors (Lipinski definition) is 2. The van der Waals surface area contributed by atoms with E-state index in [-0.39, 0.29) is 19.2 Å². The molecule has 1 aromatic heterocycles. The van der Waals surface area contributed by atoms with Gasteiger partial charge in [0.15, 0.2) is 11.5 Å². The Hall–Kier alpha value is -2.54. The Morgan fingerprint density at radius 3 is 3.04 bits per heavy atom. The van der Waals surface area contributed by atoms with E-state index in [1.807, 2.05) is 42.2 Å². The maximum absolute atomic E-state index is 11.8. The number of rotatable bonds is 7. The second-order valence-corrected chi connectivity index (χ2v) is 5.42. The largest absolute Gasteiger partial charge is 0.454 e. The first-order chi connectivity index (χ1) is 11.2. The van der Waals surface area contributed by atoms with Gasteiger partial charge in [0.1, 0.15) is 0 Å². The van der Waals surface area contributed by atoms with Crippen LogP contribution in [0.4, 0.5) is 0 Å². The molecular weight excluding hydrogens is 296 g/mol. The average Bonchev–Trinajstić information content (AvgIpc) is 3.17. The van der Waals surface area contributed by atoms with Crippen molar-refractivity contribution in [3.8, 4) is 11.5 Å². The molecule has 0 saturated carbocycles. The van der Waals surface area contributed by atoms with Crippen molar-refractivity contribution in [3.63, 3.8) is 0 Å². The molecule has 0 radical (unpaired) electrons. The molecule has 0 aliphatic carbocycles. The number of amides is 1. The lowest BCUT2D eigenvalue weighted by Gasteiger charge is -2.07. The van der Waals surface area contributed by atoms with E-state index >= 15 is 0 Å². The molecule has 2 aromatic rings. The number of carbonyl (C=O) groups excluding carboxylic acids is 1. The van der Waals surface area contributed by atoms with E-state index in [0.717, 1.165) is 29.2 Å². The third kappa shape index (κ3) is 4.23. The lowest BCUT2D eigenvalue weighted by atomic mass is 10.2. The molecule has 2 heterocycles. The molecule has 0 atom stereocenters. The van der Waals surface area contributed by atoms with Crippen molar-refractivity contribution in [1.29, 1.82) is 0 Å². The highest BCUT2D eigenvalue weighted by Gasteiger charge is 2.13. The fourth-order valence-corrected chi connectivity index (χ4v) is 2.30. The first-order valence-electron chi connectivity index (χ1n) is 7.56. The number of aryl methyl sites for hydroxylation is 1. The van der Waals surface area contributed by atoms with Crippen molar-refractivity contribution in [2.75, 3.05) is 19.9 Å². The Labute approximate surface area is 134 Å². The summed E-state index contributed by atoms with van der Waals surface area (Å²) >= 11 is 0. The fraction of sp³-hybridized carbons (Fsp3) is 0.375. The van der Waals surface area contributed by atoms with Crippen molar-refractivity contribution in [1.82, 2.24) is 20.4 Å². The van der Waals surface area contributed by atoms with Gasteiger partial charge in [-0.2, -0.15) is 5.10 Å². The van der Waals surface area contributed by atoms with Gasteiger partial charge in [-0.3, -0.25) is 9.48 Å². The van der Waals surface area contributed by atoms with Gasteiger partial charge in [0.2, 0.25) is 12.7 Å². The van der Waals surface area contributed by atoms with Crippen LogP contribution in [0.5, 0.6) is 11.5 Å². The molecule has 7 nitrogen and oxygen atoms in total. The number of fused-ring (bicyclic) bond motifs is 1. The van der Waals surface area contributed by atoms with Crippen LogP contribution in [0.2, 0.25) is 0 Å². The molecule has 0 spiro atoms. The topological polar surface area (TPSA) is 77.4 Å². The predicted molar refractivity (Wildman–Crippen MR) is 84.2 cm³/mol. The van der Waals surface area contributed by atoms with Crippen LogP contribution in [0, 0.1) is 6.92 Å². The molecule has 3 rings (SSSR count). The van der Waals surface area contributed by atoms with E-state index < -0.39 is 0 Å². The summed E-state index contributed by atoms with van der Waals surface area (Å²) in [5, 5.41) is 10.2. The number of ether oxygens (including phenoxy) is 2. The van der Waals surface area contributed by atoms with Crippen LogP contribution in [0.3, 0.4) is 0 Å². The highest BCUT2D eigenvalue weighted by molar-refractivity contribution is 5.78. The zero-order valence-electron chi connectivity index (χ0n) is 13.0. The van der Waals surface area contributed by atoms with Crippen LogP contribution in [0.1, 0.15) is 11.1 Å². The van der Waals surface area contributed by atoms with Crippen LogP contribution in [0.25, 0.3) is 0 Å². The summed E-state index contributed by atoms with van der Waals surface area (Å²) in [5.74, 6) is 1.43. The minimum Gasteiger partial charge on any atom is -0.454 e.